The number of anilines is 1. The highest BCUT2D eigenvalue weighted by Crippen LogP contribution is 2.15. The smallest absolute Gasteiger partial charge is 0.339 e. The number of para-hydroxylation sites is 2. The Hall–Kier alpha value is -2.59. The van der Waals surface area contributed by atoms with Crippen LogP contribution in [0.3, 0.4) is 0 Å². The lowest BCUT2D eigenvalue weighted by molar-refractivity contribution is 0.273. The molecule has 0 unspecified atom stereocenters. The minimum atomic E-state index is -0.355. The van der Waals surface area contributed by atoms with Gasteiger partial charge < -0.3 is 14.8 Å². The molecule has 3 aromatic rings. The van der Waals surface area contributed by atoms with E-state index in [1.807, 2.05) is 54.6 Å². The number of rotatable bonds is 5. The molecule has 4 nitrogen and oxygen atoms in total. The van der Waals surface area contributed by atoms with Crippen molar-refractivity contribution in [1.82, 2.24) is 0 Å². The van der Waals surface area contributed by atoms with Crippen LogP contribution in [0, 0.1) is 0 Å². The number of hydrogen-bond acceptors (Lipinski definition) is 4. The van der Waals surface area contributed by atoms with Gasteiger partial charge in [0.05, 0.1) is 12.6 Å². The molecule has 0 saturated carbocycles. The average Bonchev–Trinajstić information content (AvgIpc) is 2.55. The third-order valence-electron chi connectivity index (χ3n) is 3.54. The molecular formula is C18H17NO3. The van der Waals surface area contributed by atoms with E-state index in [2.05, 4.69) is 5.32 Å². The van der Waals surface area contributed by atoms with Gasteiger partial charge in [-0.15, -0.1) is 0 Å². The molecule has 0 spiro atoms. The van der Waals surface area contributed by atoms with Gasteiger partial charge in [-0.3, -0.25) is 0 Å². The molecule has 1 heterocycles. The van der Waals surface area contributed by atoms with E-state index in [0.717, 1.165) is 11.1 Å². The molecule has 0 bridgehead atoms. The van der Waals surface area contributed by atoms with E-state index in [9.17, 15) is 9.90 Å². The van der Waals surface area contributed by atoms with E-state index >= 15 is 0 Å². The first-order valence-corrected chi connectivity index (χ1v) is 7.20. The van der Waals surface area contributed by atoms with Crippen LogP contribution >= 0.6 is 0 Å². The predicted octanol–water partition coefficient (Wildman–Crippen LogP) is 2.81. The van der Waals surface area contributed by atoms with E-state index in [1.165, 1.54) is 0 Å². The Balaban J connectivity index is 1.84. The van der Waals surface area contributed by atoms with Gasteiger partial charge in [0.1, 0.15) is 5.58 Å². The van der Waals surface area contributed by atoms with E-state index in [-0.39, 0.29) is 18.3 Å². The third-order valence-corrected chi connectivity index (χ3v) is 3.54. The van der Waals surface area contributed by atoms with Crippen LogP contribution in [0.4, 0.5) is 5.69 Å². The molecule has 0 fully saturated rings. The molecule has 0 radical (unpaired) electrons. The van der Waals surface area contributed by atoms with Crippen LogP contribution in [0.2, 0.25) is 0 Å². The van der Waals surface area contributed by atoms with Crippen molar-refractivity contribution in [3.63, 3.8) is 0 Å². The van der Waals surface area contributed by atoms with Gasteiger partial charge in [-0.05, 0) is 24.3 Å². The number of hydrogen-bond donors (Lipinski definition) is 2. The highest BCUT2D eigenvalue weighted by molar-refractivity contribution is 5.76. The first-order chi connectivity index (χ1) is 10.8. The Morgan fingerprint density at radius 2 is 1.77 bits per heavy atom. The van der Waals surface area contributed by atoms with Crippen LogP contribution < -0.4 is 10.9 Å². The Kier molecular flexibility index (Phi) is 4.21. The summed E-state index contributed by atoms with van der Waals surface area (Å²) < 4.78 is 5.32. The van der Waals surface area contributed by atoms with Crippen molar-refractivity contribution < 1.29 is 9.52 Å². The van der Waals surface area contributed by atoms with E-state index < -0.39 is 0 Å². The molecule has 4 heteroatoms. The zero-order valence-electron chi connectivity index (χ0n) is 12.0. The highest BCUT2D eigenvalue weighted by atomic mass is 16.4. The largest absolute Gasteiger partial charge is 0.423 e. The number of nitrogens with one attached hydrogen (secondary N) is 1. The minimum absolute atomic E-state index is 0.0683. The summed E-state index contributed by atoms with van der Waals surface area (Å²) in [6.45, 7) is -0.0683. The Labute approximate surface area is 128 Å². The molecule has 2 aromatic carbocycles. The molecule has 0 aliphatic heterocycles. The summed E-state index contributed by atoms with van der Waals surface area (Å²) in [5, 5.41) is 13.7. The number of aliphatic hydroxyl groups is 1. The van der Waals surface area contributed by atoms with Crippen LogP contribution in [-0.4, -0.2) is 17.8 Å². The molecule has 0 saturated heterocycles. The fraction of sp³-hybridized carbons (Fsp3) is 0.167. The number of benzene rings is 2. The fourth-order valence-electron chi connectivity index (χ4n) is 2.44. The zero-order chi connectivity index (χ0) is 15.4. The van der Waals surface area contributed by atoms with Gasteiger partial charge in [0.2, 0.25) is 0 Å². The van der Waals surface area contributed by atoms with Crippen molar-refractivity contribution in [2.75, 3.05) is 11.9 Å². The number of fused-ring (bicyclic) bond motifs is 1. The molecule has 22 heavy (non-hydrogen) atoms. The van der Waals surface area contributed by atoms with Crippen molar-refractivity contribution in [1.29, 1.82) is 0 Å². The lowest BCUT2D eigenvalue weighted by Gasteiger charge is -2.17. The maximum Gasteiger partial charge on any atom is 0.339 e. The summed E-state index contributed by atoms with van der Waals surface area (Å²) in [5.41, 5.74) is 1.69. The average molecular weight is 295 g/mol. The van der Waals surface area contributed by atoms with Crippen LogP contribution in [0.15, 0.2) is 69.9 Å². The molecule has 112 valence electrons. The predicted molar refractivity (Wildman–Crippen MR) is 87.1 cm³/mol. The second-order valence-electron chi connectivity index (χ2n) is 5.19. The van der Waals surface area contributed by atoms with E-state index in [0.29, 0.717) is 17.6 Å². The van der Waals surface area contributed by atoms with Crippen molar-refractivity contribution in [3.05, 3.63) is 76.6 Å². The lowest BCUT2D eigenvalue weighted by Crippen LogP contribution is -2.28. The summed E-state index contributed by atoms with van der Waals surface area (Å²) >= 11 is 0. The third kappa shape index (κ3) is 3.18. The van der Waals surface area contributed by atoms with Gasteiger partial charge in [-0.1, -0.05) is 36.4 Å². The van der Waals surface area contributed by atoms with Gasteiger partial charge in [-0.25, -0.2) is 4.79 Å². The number of aliphatic hydroxyl groups excluding tert-OH is 1. The minimum Gasteiger partial charge on any atom is -0.423 e. The fourth-order valence-corrected chi connectivity index (χ4v) is 2.44. The molecular weight excluding hydrogens is 278 g/mol. The maximum atomic E-state index is 12.1. The summed E-state index contributed by atoms with van der Waals surface area (Å²) in [7, 11) is 0. The molecule has 1 atom stereocenters. The van der Waals surface area contributed by atoms with Crippen LogP contribution in [0.1, 0.15) is 5.56 Å². The second kappa shape index (κ2) is 6.45. The topological polar surface area (TPSA) is 62.5 Å². The molecule has 0 aliphatic rings. The summed E-state index contributed by atoms with van der Waals surface area (Å²) in [6, 6.07) is 18.6. The van der Waals surface area contributed by atoms with Gasteiger partial charge in [-0.2, -0.15) is 0 Å². The van der Waals surface area contributed by atoms with Gasteiger partial charge in [0.25, 0.3) is 0 Å². The van der Waals surface area contributed by atoms with Crippen LogP contribution in [0.25, 0.3) is 11.0 Å². The van der Waals surface area contributed by atoms with Crippen LogP contribution in [0.5, 0.6) is 0 Å². The Morgan fingerprint density at radius 1 is 1.05 bits per heavy atom. The SMILES string of the molecule is O=c1oc2ccccc2cc1C[C@@H](CO)Nc1ccccc1. The molecule has 1 aromatic heterocycles. The Morgan fingerprint density at radius 3 is 2.55 bits per heavy atom. The molecule has 0 amide bonds. The van der Waals surface area contributed by atoms with E-state index in [1.54, 1.807) is 6.07 Å². The first-order valence-electron chi connectivity index (χ1n) is 7.20. The summed E-state index contributed by atoms with van der Waals surface area (Å²) in [6.07, 6.45) is 0.401. The normalized spacial score (nSPS) is 12.2. The standard InChI is InChI=1S/C18H17NO3/c20-12-16(19-15-7-2-1-3-8-15)11-14-10-13-6-4-5-9-17(13)22-18(14)21/h1-10,16,19-20H,11-12H2/t16-/m0/s1. The highest BCUT2D eigenvalue weighted by Gasteiger charge is 2.13. The summed E-state index contributed by atoms with van der Waals surface area (Å²) in [4.78, 5) is 12.1. The van der Waals surface area contributed by atoms with E-state index in [4.69, 9.17) is 4.42 Å². The molecule has 2 N–H and O–H groups in total. The van der Waals surface area contributed by atoms with Crippen molar-refractivity contribution in [2.45, 2.75) is 12.5 Å². The van der Waals surface area contributed by atoms with Crippen molar-refractivity contribution in [3.8, 4) is 0 Å². The van der Waals surface area contributed by atoms with Gasteiger partial charge >= 0.3 is 5.63 Å². The molecule has 3 rings (SSSR count). The van der Waals surface area contributed by atoms with Crippen molar-refractivity contribution in [2.24, 2.45) is 0 Å². The quantitative estimate of drug-likeness (QED) is 0.711. The summed E-state index contributed by atoms with van der Waals surface area (Å²) in [5.74, 6) is 0. The second-order valence-corrected chi connectivity index (χ2v) is 5.19. The van der Waals surface area contributed by atoms with Gasteiger partial charge in [0, 0.05) is 23.1 Å². The zero-order valence-corrected chi connectivity index (χ0v) is 12.0. The lowest BCUT2D eigenvalue weighted by atomic mass is 10.1. The van der Waals surface area contributed by atoms with Crippen molar-refractivity contribution >= 4 is 16.7 Å². The monoisotopic (exact) mass is 295 g/mol. The first kappa shape index (κ1) is 14.4. The molecule has 0 aliphatic carbocycles. The Bertz CT molecular complexity index is 811. The van der Waals surface area contributed by atoms with Crippen LogP contribution in [-0.2, 0) is 6.42 Å². The maximum absolute atomic E-state index is 12.1. The van der Waals surface area contributed by atoms with Gasteiger partial charge in [0.15, 0.2) is 0 Å².